The molecule has 0 aliphatic heterocycles. The first-order valence-corrected chi connectivity index (χ1v) is 9.67. The van der Waals surface area contributed by atoms with Gasteiger partial charge < -0.3 is 19.2 Å². The average Bonchev–Trinajstić information content (AvgIpc) is 2.72. The minimum Gasteiger partial charge on any atom is -0.482 e. The quantitative estimate of drug-likeness (QED) is 0.364. The van der Waals surface area contributed by atoms with Crippen molar-refractivity contribution in [3.63, 3.8) is 0 Å². The van der Waals surface area contributed by atoms with E-state index in [1.165, 1.54) is 12.1 Å². The molecule has 1 N–H and O–H groups in total. The minimum atomic E-state index is -0.759. The molecule has 3 rings (SSSR count). The molecular weight excluding hydrogens is 386 g/mol. The van der Waals surface area contributed by atoms with Gasteiger partial charge in [0.05, 0.1) is 0 Å². The summed E-state index contributed by atoms with van der Waals surface area (Å²) >= 11 is 0. The van der Waals surface area contributed by atoms with Crippen molar-refractivity contribution in [3.8, 4) is 11.5 Å². The summed E-state index contributed by atoms with van der Waals surface area (Å²) in [7, 11) is 0. The van der Waals surface area contributed by atoms with E-state index in [0.29, 0.717) is 23.6 Å². The molecule has 2 aromatic carbocycles. The lowest BCUT2D eigenvalue weighted by atomic mass is 10.0. The Hall–Kier alpha value is -3.61. The number of fused-ring (bicyclic) bond motifs is 1. The largest absolute Gasteiger partial charge is 0.482 e. The van der Waals surface area contributed by atoms with E-state index >= 15 is 0 Å². The van der Waals surface area contributed by atoms with Crippen molar-refractivity contribution in [1.82, 2.24) is 5.32 Å². The van der Waals surface area contributed by atoms with Gasteiger partial charge >= 0.3 is 11.6 Å². The molecule has 0 unspecified atom stereocenters. The van der Waals surface area contributed by atoms with Crippen molar-refractivity contribution in [2.45, 2.75) is 26.7 Å². The lowest BCUT2D eigenvalue weighted by Crippen LogP contribution is -2.27. The number of benzene rings is 2. The summed E-state index contributed by atoms with van der Waals surface area (Å²) in [4.78, 5) is 36.1. The maximum atomic E-state index is 12.1. The van der Waals surface area contributed by atoms with Crippen molar-refractivity contribution in [2.75, 3.05) is 13.2 Å². The van der Waals surface area contributed by atoms with Crippen LogP contribution in [-0.4, -0.2) is 25.0 Å². The second-order valence-electron chi connectivity index (χ2n) is 7.00. The zero-order valence-electron chi connectivity index (χ0n) is 17.1. The number of carbonyl (C=O) groups is 2. The summed E-state index contributed by atoms with van der Waals surface area (Å²) in [6, 6.07) is 13.6. The Morgan fingerprint density at radius 1 is 1.07 bits per heavy atom. The van der Waals surface area contributed by atoms with Crippen LogP contribution in [0.2, 0.25) is 0 Å². The van der Waals surface area contributed by atoms with Crippen molar-refractivity contribution in [3.05, 3.63) is 70.1 Å². The van der Waals surface area contributed by atoms with Gasteiger partial charge in [0.25, 0.3) is 5.91 Å². The molecule has 0 saturated heterocycles. The van der Waals surface area contributed by atoms with E-state index in [0.717, 1.165) is 5.56 Å². The fourth-order valence-corrected chi connectivity index (χ4v) is 2.84. The molecule has 1 heterocycles. The molecule has 7 nitrogen and oxygen atoms in total. The summed E-state index contributed by atoms with van der Waals surface area (Å²) in [5, 5.41) is 3.10. The predicted molar refractivity (Wildman–Crippen MR) is 112 cm³/mol. The van der Waals surface area contributed by atoms with Gasteiger partial charge in [-0.15, -0.1) is 0 Å². The number of hydrogen-bond acceptors (Lipinski definition) is 6. The highest BCUT2D eigenvalue weighted by Gasteiger charge is 2.14. The molecule has 0 fully saturated rings. The normalized spacial score (nSPS) is 10.8. The summed E-state index contributed by atoms with van der Waals surface area (Å²) in [5.74, 6) is 0.0516. The van der Waals surface area contributed by atoms with E-state index in [-0.39, 0.29) is 23.5 Å². The summed E-state index contributed by atoms with van der Waals surface area (Å²) in [6.07, 6.45) is 0. The molecule has 0 radical (unpaired) electrons. The maximum absolute atomic E-state index is 12.1. The average molecular weight is 409 g/mol. The van der Waals surface area contributed by atoms with Crippen LogP contribution in [0.25, 0.3) is 11.0 Å². The van der Waals surface area contributed by atoms with Crippen LogP contribution in [0.4, 0.5) is 0 Å². The minimum absolute atomic E-state index is 0.0777. The topological polar surface area (TPSA) is 94.8 Å². The van der Waals surface area contributed by atoms with Crippen LogP contribution in [0, 0.1) is 0 Å². The van der Waals surface area contributed by atoms with E-state index < -0.39 is 17.5 Å². The van der Waals surface area contributed by atoms with Gasteiger partial charge in [-0.2, -0.15) is 0 Å². The first-order chi connectivity index (χ1) is 14.4. The molecule has 0 aliphatic carbocycles. The van der Waals surface area contributed by atoms with Gasteiger partial charge in [0.2, 0.25) is 0 Å². The van der Waals surface area contributed by atoms with E-state index in [9.17, 15) is 14.4 Å². The highest BCUT2D eigenvalue weighted by molar-refractivity contribution is 5.96. The number of nitrogens with one attached hydrogen (secondary N) is 1. The zero-order valence-corrected chi connectivity index (χ0v) is 17.1. The van der Waals surface area contributed by atoms with Gasteiger partial charge in [-0.3, -0.25) is 4.79 Å². The van der Waals surface area contributed by atoms with Crippen LogP contribution in [0.5, 0.6) is 11.5 Å². The molecule has 0 aliphatic rings. The van der Waals surface area contributed by atoms with Crippen molar-refractivity contribution in [2.24, 2.45) is 0 Å². The fourth-order valence-electron chi connectivity index (χ4n) is 2.84. The monoisotopic (exact) mass is 409 g/mol. The molecule has 3 aromatic rings. The Morgan fingerprint density at radius 3 is 2.60 bits per heavy atom. The van der Waals surface area contributed by atoms with E-state index in [2.05, 4.69) is 19.2 Å². The molecule has 0 saturated carbocycles. The van der Waals surface area contributed by atoms with Crippen LogP contribution in [0.15, 0.2) is 57.7 Å². The summed E-state index contributed by atoms with van der Waals surface area (Å²) < 4.78 is 16.0. The van der Waals surface area contributed by atoms with Crippen LogP contribution in [0.1, 0.15) is 42.6 Å². The van der Waals surface area contributed by atoms with Gasteiger partial charge in [0.15, 0.2) is 6.61 Å². The molecular formula is C23H23NO6. The van der Waals surface area contributed by atoms with Gasteiger partial charge in [0, 0.05) is 18.0 Å². The zero-order chi connectivity index (χ0) is 21.7. The third kappa shape index (κ3) is 5.05. The van der Waals surface area contributed by atoms with Crippen LogP contribution < -0.4 is 20.4 Å². The molecule has 1 aromatic heterocycles. The number of hydrogen-bond donors (Lipinski definition) is 1. The summed E-state index contributed by atoms with van der Waals surface area (Å²) in [6.45, 7) is 6.04. The molecule has 0 bridgehead atoms. The number of amides is 1. The molecule has 30 heavy (non-hydrogen) atoms. The van der Waals surface area contributed by atoms with Crippen molar-refractivity contribution < 1.29 is 23.5 Å². The first-order valence-electron chi connectivity index (χ1n) is 9.67. The second-order valence-corrected chi connectivity index (χ2v) is 7.00. The Balaban J connectivity index is 1.69. The number of esters is 1. The number of carbonyl (C=O) groups excluding carboxylic acids is 2. The van der Waals surface area contributed by atoms with Crippen LogP contribution >= 0.6 is 0 Å². The van der Waals surface area contributed by atoms with Crippen molar-refractivity contribution in [1.29, 1.82) is 0 Å². The SMILES string of the molecule is CCNC(=O)c1cc2ccc(OC(=O)COc3cccc(C(C)C)c3)cc2oc1=O. The van der Waals surface area contributed by atoms with Crippen LogP contribution in [0.3, 0.4) is 0 Å². The molecule has 156 valence electrons. The Bertz CT molecular complexity index is 1130. The predicted octanol–water partition coefficient (Wildman–Crippen LogP) is 3.65. The standard InChI is InChI=1S/C23H23NO6/c1-4-24-22(26)19-11-16-8-9-18(12-20(16)30-23(19)27)29-21(25)13-28-17-7-5-6-15(10-17)14(2)3/h5-12,14H,4,13H2,1-3H3,(H,24,26). The van der Waals surface area contributed by atoms with E-state index in [4.69, 9.17) is 13.9 Å². The molecule has 0 spiro atoms. The Labute approximate surface area is 173 Å². The number of ether oxygens (including phenoxy) is 2. The third-order valence-corrected chi connectivity index (χ3v) is 4.40. The Kier molecular flexibility index (Phi) is 6.51. The maximum Gasteiger partial charge on any atom is 0.349 e. The van der Waals surface area contributed by atoms with E-state index in [1.807, 2.05) is 18.2 Å². The lowest BCUT2D eigenvalue weighted by molar-refractivity contribution is -0.136. The third-order valence-electron chi connectivity index (χ3n) is 4.40. The smallest absolute Gasteiger partial charge is 0.349 e. The fraction of sp³-hybridized carbons (Fsp3) is 0.261. The van der Waals surface area contributed by atoms with Gasteiger partial charge in [0.1, 0.15) is 22.6 Å². The molecule has 0 atom stereocenters. The van der Waals surface area contributed by atoms with E-state index in [1.54, 1.807) is 25.1 Å². The highest BCUT2D eigenvalue weighted by atomic mass is 16.6. The van der Waals surface area contributed by atoms with Crippen LogP contribution in [-0.2, 0) is 4.79 Å². The van der Waals surface area contributed by atoms with Gasteiger partial charge in [-0.1, -0.05) is 26.0 Å². The Morgan fingerprint density at radius 2 is 1.87 bits per heavy atom. The highest BCUT2D eigenvalue weighted by Crippen LogP contribution is 2.22. The summed E-state index contributed by atoms with van der Waals surface area (Å²) in [5.41, 5.74) is 0.484. The lowest BCUT2D eigenvalue weighted by Gasteiger charge is -2.10. The molecule has 1 amide bonds. The number of rotatable bonds is 7. The van der Waals surface area contributed by atoms with Crippen molar-refractivity contribution >= 4 is 22.8 Å². The van der Waals surface area contributed by atoms with Gasteiger partial charge in [-0.05, 0) is 48.7 Å². The second kappa shape index (κ2) is 9.26. The first kappa shape index (κ1) is 21.1. The van der Waals surface area contributed by atoms with Gasteiger partial charge in [-0.25, -0.2) is 9.59 Å². The molecule has 7 heteroatoms.